The Morgan fingerprint density at radius 2 is 1.95 bits per heavy atom. The Balaban J connectivity index is 1.85. The summed E-state index contributed by atoms with van der Waals surface area (Å²) in [5, 5.41) is 2.75. The minimum atomic E-state index is -0.303. The first-order valence-corrected chi connectivity index (χ1v) is 6.74. The van der Waals surface area contributed by atoms with Gasteiger partial charge in [0.1, 0.15) is 5.82 Å². The number of amides is 1. The number of hydrogen-bond donors (Lipinski definition) is 2. The second kappa shape index (κ2) is 6.39. The first-order valence-electron chi connectivity index (χ1n) is 6.74. The van der Waals surface area contributed by atoms with Gasteiger partial charge in [-0.1, -0.05) is 12.1 Å². The number of rotatable bonds is 5. The highest BCUT2D eigenvalue weighted by Gasteiger charge is 2.08. The maximum Gasteiger partial charge on any atom is 0.325 e. The Morgan fingerprint density at radius 3 is 2.52 bits per heavy atom. The van der Waals surface area contributed by atoms with E-state index in [0.717, 1.165) is 17.0 Å². The number of H-pyrrole nitrogens is 1. The lowest BCUT2D eigenvalue weighted by molar-refractivity contribution is -0.121. The molecule has 2 N–H and O–H groups in total. The number of aromatic nitrogens is 2. The van der Waals surface area contributed by atoms with Gasteiger partial charge in [-0.25, -0.2) is 9.18 Å². The van der Waals surface area contributed by atoms with Gasteiger partial charge in [-0.3, -0.25) is 9.36 Å². The van der Waals surface area contributed by atoms with Crippen molar-refractivity contribution in [1.29, 1.82) is 0 Å². The number of halogens is 1. The first kappa shape index (κ1) is 15.0. The molecule has 1 aromatic heterocycles. The molecule has 6 heteroatoms. The van der Waals surface area contributed by atoms with Crippen LogP contribution in [0.4, 0.5) is 4.39 Å². The van der Waals surface area contributed by atoms with Crippen LogP contribution in [0, 0.1) is 19.7 Å². The second-order valence-electron chi connectivity index (χ2n) is 4.95. The second-order valence-corrected chi connectivity index (χ2v) is 4.95. The summed E-state index contributed by atoms with van der Waals surface area (Å²) in [5.41, 5.74) is 2.28. The van der Waals surface area contributed by atoms with E-state index in [1.165, 1.54) is 12.1 Å². The Labute approximate surface area is 121 Å². The third-order valence-corrected chi connectivity index (χ3v) is 3.45. The Kier molecular flexibility index (Phi) is 4.57. The van der Waals surface area contributed by atoms with Crippen molar-refractivity contribution in [2.75, 3.05) is 0 Å². The predicted molar refractivity (Wildman–Crippen MR) is 77.4 cm³/mol. The molecule has 0 atom stereocenters. The van der Waals surface area contributed by atoms with Gasteiger partial charge in [0.2, 0.25) is 5.91 Å². The normalized spacial score (nSPS) is 10.6. The van der Waals surface area contributed by atoms with Crippen LogP contribution in [0.15, 0.2) is 29.1 Å². The monoisotopic (exact) mass is 291 g/mol. The number of hydrogen-bond acceptors (Lipinski definition) is 2. The van der Waals surface area contributed by atoms with E-state index in [0.29, 0.717) is 13.1 Å². The van der Waals surface area contributed by atoms with Gasteiger partial charge < -0.3 is 10.3 Å². The maximum absolute atomic E-state index is 12.7. The molecule has 2 aromatic rings. The summed E-state index contributed by atoms with van der Waals surface area (Å²) >= 11 is 0. The van der Waals surface area contributed by atoms with Crippen LogP contribution in [0.25, 0.3) is 0 Å². The molecule has 0 saturated heterocycles. The lowest BCUT2D eigenvalue weighted by Gasteiger charge is -2.07. The smallest absolute Gasteiger partial charge is 0.325 e. The third kappa shape index (κ3) is 3.81. The van der Waals surface area contributed by atoms with Crippen molar-refractivity contribution >= 4 is 5.91 Å². The molecule has 1 heterocycles. The van der Waals surface area contributed by atoms with Gasteiger partial charge in [-0.15, -0.1) is 0 Å². The zero-order valence-corrected chi connectivity index (χ0v) is 12.1. The molecule has 21 heavy (non-hydrogen) atoms. The molecule has 0 aliphatic carbocycles. The van der Waals surface area contributed by atoms with E-state index in [4.69, 9.17) is 0 Å². The summed E-state index contributed by atoms with van der Waals surface area (Å²) in [6, 6.07) is 5.96. The lowest BCUT2D eigenvalue weighted by atomic mass is 10.2. The largest absolute Gasteiger partial charge is 0.352 e. The molecule has 0 bridgehead atoms. The highest BCUT2D eigenvalue weighted by molar-refractivity contribution is 5.75. The fraction of sp³-hybridized carbons (Fsp3) is 0.333. The molecule has 5 nitrogen and oxygen atoms in total. The van der Waals surface area contributed by atoms with Gasteiger partial charge in [0, 0.05) is 30.9 Å². The molecular weight excluding hydrogens is 273 g/mol. The number of carbonyl (C=O) groups is 1. The van der Waals surface area contributed by atoms with Gasteiger partial charge in [0.25, 0.3) is 0 Å². The predicted octanol–water partition coefficient (Wildman–Crippen LogP) is 1.64. The number of benzene rings is 1. The quantitative estimate of drug-likeness (QED) is 0.879. The van der Waals surface area contributed by atoms with E-state index in [-0.39, 0.29) is 23.8 Å². The molecule has 0 aliphatic heterocycles. The lowest BCUT2D eigenvalue weighted by Crippen LogP contribution is -2.26. The molecule has 1 aromatic carbocycles. The van der Waals surface area contributed by atoms with E-state index < -0.39 is 0 Å². The number of aryl methyl sites for hydroxylation is 1. The van der Waals surface area contributed by atoms with Crippen LogP contribution in [-0.2, 0) is 17.9 Å². The third-order valence-electron chi connectivity index (χ3n) is 3.45. The molecule has 0 aliphatic rings. The van der Waals surface area contributed by atoms with Crippen LogP contribution in [0.3, 0.4) is 0 Å². The van der Waals surface area contributed by atoms with Crippen LogP contribution in [0.5, 0.6) is 0 Å². The van der Waals surface area contributed by atoms with Crippen LogP contribution in [-0.4, -0.2) is 15.5 Å². The van der Waals surface area contributed by atoms with E-state index in [9.17, 15) is 14.0 Å². The highest BCUT2D eigenvalue weighted by Crippen LogP contribution is 2.03. The summed E-state index contributed by atoms with van der Waals surface area (Å²) < 4.78 is 14.3. The Bertz CT molecular complexity index is 686. The minimum Gasteiger partial charge on any atom is -0.352 e. The SMILES string of the molecule is Cc1[nH]c(=O)n(CCC(=O)NCc2ccc(F)cc2)c1C. The summed E-state index contributed by atoms with van der Waals surface area (Å²) in [7, 11) is 0. The Morgan fingerprint density at radius 1 is 1.29 bits per heavy atom. The maximum atomic E-state index is 12.7. The molecule has 2 rings (SSSR count). The number of nitrogens with zero attached hydrogens (tertiary/aromatic N) is 1. The van der Waals surface area contributed by atoms with Gasteiger partial charge in [-0.2, -0.15) is 0 Å². The van der Waals surface area contributed by atoms with Crippen LogP contribution in [0.1, 0.15) is 23.4 Å². The number of carbonyl (C=O) groups excluding carboxylic acids is 1. The number of aromatic amines is 1. The molecular formula is C15H18FN3O2. The van der Waals surface area contributed by atoms with Crippen molar-refractivity contribution < 1.29 is 9.18 Å². The van der Waals surface area contributed by atoms with E-state index in [1.54, 1.807) is 16.7 Å². The molecule has 0 fully saturated rings. The van der Waals surface area contributed by atoms with Crippen molar-refractivity contribution in [3.05, 3.63) is 57.5 Å². The van der Waals surface area contributed by atoms with Crippen molar-refractivity contribution in [2.24, 2.45) is 0 Å². The zero-order chi connectivity index (χ0) is 15.4. The van der Waals surface area contributed by atoms with E-state index in [2.05, 4.69) is 10.3 Å². The fourth-order valence-corrected chi connectivity index (χ4v) is 2.05. The van der Waals surface area contributed by atoms with Crippen molar-refractivity contribution in [1.82, 2.24) is 14.9 Å². The van der Waals surface area contributed by atoms with Crippen LogP contribution < -0.4 is 11.0 Å². The molecule has 0 spiro atoms. The van der Waals surface area contributed by atoms with Gasteiger partial charge >= 0.3 is 5.69 Å². The Hall–Kier alpha value is -2.37. The average molecular weight is 291 g/mol. The van der Waals surface area contributed by atoms with E-state index >= 15 is 0 Å². The van der Waals surface area contributed by atoms with E-state index in [1.807, 2.05) is 13.8 Å². The van der Waals surface area contributed by atoms with Gasteiger partial charge in [0.05, 0.1) is 0 Å². The summed E-state index contributed by atoms with van der Waals surface area (Å²) in [5.74, 6) is -0.452. The van der Waals surface area contributed by atoms with Gasteiger partial charge in [0.15, 0.2) is 0 Å². The molecule has 1 amide bonds. The topological polar surface area (TPSA) is 66.9 Å². The molecule has 112 valence electrons. The highest BCUT2D eigenvalue weighted by atomic mass is 19.1. The van der Waals surface area contributed by atoms with Crippen molar-refractivity contribution in [2.45, 2.75) is 33.4 Å². The average Bonchev–Trinajstić information content (AvgIpc) is 2.69. The number of imidazole rings is 1. The first-order chi connectivity index (χ1) is 9.97. The molecule has 0 saturated carbocycles. The molecule has 0 radical (unpaired) electrons. The summed E-state index contributed by atoms with van der Waals surface area (Å²) in [4.78, 5) is 26.1. The zero-order valence-electron chi connectivity index (χ0n) is 12.1. The summed E-state index contributed by atoms with van der Waals surface area (Å²) in [6.45, 7) is 4.34. The van der Waals surface area contributed by atoms with Gasteiger partial charge in [-0.05, 0) is 31.5 Å². The molecule has 0 unspecified atom stereocenters. The van der Waals surface area contributed by atoms with Crippen LogP contribution in [0.2, 0.25) is 0 Å². The standard InChI is InChI=1S/C15H18FN3O2/c1-10-11(2)19(15(21)18-10)8-7-14(20)17-9-12-3-5-13(16)6-4-12/h3-6H,7-9H2,1-2H3,(H,17,20)(H,18,21). The summed E-state index contributed by atoms with van der Waals surface area (Å²) in [6.07, 6.45) is 0.221. The van der Waals surface area contributed by atoms with Crippen LogP contribution >= 0.6 is 0 Å². The van der Waals surface area contributed by atoms with Crippen molar-refractivity contribution in [3.63, 3.8) is 0 Å². The number of nitrogens with one attached hydrogen (secondary N) is 2. The van der Waals surface area contributed by atoms with Crippen molar-refractivity contribution in [3.8, 4) is 0 Å². The fourth-order valence-electron chi connectivity index (χ4n) is 2.05. The minimum absolute atomic E-state index is 0.149.